The van der Waals surface area contributed by atoms with E-state index in [2.05, 4.69) is 10.5 Å². The summed E-state index contributed by atoms with van der Waals surface area (Å²) in [6.07, 6.45) is 3.10. The van der Waals surface area contributed by atoms with Gasteiger partial charge >= 0.3 is 0 Å². The van der Waals surface area contributed by atoms with Crippen molar-refractivity contribution in [1.82, 2.24) is 5.43 Å². The smallest absolute Gasteiger partial charge is 0.274 e. The number of nitrogens with zero attached hydrogens (tertiary/aromatic N) is 1. The second-order valence-corrected chi connectivity index (χ2v) is 4.99. The number of rotatable bonds is 4. The van der Waals surface area contributed by atoms with Crippen molar-refractivity contribution in [3.05, 3.63) is 65.6 Å². The summed E-state index contributed by atoms with van der Waals surface area (Å²) in [5, 5.41) is 6.04. The Balaban J connectivity index is 1.84. The first kappa shape index (κ1) is 14.8. The molecule has 0 atom stereocenters. The number of aryl methyl sites for hydroxylation is 1. The van der Waals surface area contributed by atoms with Gasteiger partial charge in [-0.15, -0.1) is 0 Å². The van der Waals surface area contributed by atoms with Crippen LogP contribution in [-0.4, -0.2) is 19.2 Å². The van der Waals surface area contributed by atoms with Crippen LogP contribution in [-0.2, 0) is 0 Å². The highest BCUT2D eigenvalue weighted by atomic mass is 16.5. The second-order valence-electron chi connectivity index (χ2n) is 4.99. The number of carbonyl (C=O) groups is 1. The molecule has 23 heavy (non-hydrogen) atoms. The Morgan fingerprint density at radius 1 is 1.17 bits per heavy atom. The minimum Gasteiger partial charge on any atom is -0.496 e. The third-order valence-electron chi connectivity index (χ3n) is 3.61. The van der Waals surface area contributed by atoms with Gasteiger partial charge in [0.1, 0.15) is 11.5 Å². The molecule has 5 nitrogen and oxygen atoms in total. The number of ether oxygens (including phenoxy) is 1. The van der Waals surface area contributed by atoms with Crippen LogP contribution in [0.2, 0.25) is 0 Å². The average molecular weight is 308 g/mol. The van der Waals surface area contributed by atoms with E-state index in [-0.39, 0.29) is 5.91 Å². The lowest BCUT2D eigenvalue weighted by atomic mass is 10.0. The minimum atomic E-state index is -0.301. The molecule has 1 heterocycles. The van der Waals surface area contributed by atoms with E-state index >= 15 is 0 Å². The lowest BCUT2D eigenvalue weighted by Gasteiger charge is -2.07. The molecule has 3 aromatic rings. The Labute approximate surface area is 133 Å². The number of furan rings is 1. The highest BCUT2D eigenvalue weighted by molar-refractivity contribution is 6.03. The first-order valence-electron chi connectivity index (χ1n) is 7.14. The summed E-state index contributed by atoms with van der Waals surface area (Å²) in [5.41, 5.74) is 3.87. The number of amides is 1. The van der Waals surface area contributed by atoms with Gasteiger partial charge in [-0.1, -0.05) is 24.3 Å². The van der Waals surface area contributed by atoms with E-state index in [9.17, 15) is 4.79 Å². The van der Waals surface area contributed by atoms with E-state index in [0.717, 1.165) is 22.1 Å². The van der Waals surface area contributed by atoms with Gasteiger partial charge in [0.25, 0.3) is 5.91 Å². The maximum Gasteiger partial charge on any atom is 0.274 e. The van der Waals surface area contributed by atoms with Crippen LogP contribution >= 0.6 is 0 Å². The molecule has 116 valence electrons. The molecule has 0 aliphatic carbocycles. The molecule has 0 unspecified atom stereocenters. The maximum absolute atomic E-state index is 12.0. The molecule has 0 saturated heterocycles. The third kappa shape index (κ3) is 2.94. The van der Waals surface area contributed by atoms with Crippen LogP contribution in [0.3, 0.4) is 0 Å². The van der Waals surface area contributed by atoms with Gasteiger partial charge in [-0.25, -0.2) is 5.43 Å². The molecular formula is C18H16N2O3. The van der Waals surface area contributed by atoms with Crippen LogP contribution in [0.1, 0.15) is 21.7 Å². The lowest BCUT2D eigenvalue weighted by molar-refractivity contribution is 0.0953. The van der Waals surface area contributed by atoms with Crippen LogP contribution in [0, 0.1) is 6.92 Å². The number of methoxy groups -OCH3 is 1. The fraction of sp³-hybridized carbons (Fsp3) is 0.111. The average Bonchev–Trinajstić information content (AvgIpc) is 3.01. The van der Waals surface area contributed by atoms with Gasteiger partial charge in [-0.05, 0) is 30.5 Å². The van der Waals surface area contributed by atoms with Crippen LogP contribution in [0.5, 0.6) is 5.75 Å². The number of hydrazone groups is 1. The van der Waals surface area contributed by atoms with Crippen LogP contribution in [0.4, 0.5) is 0 Å². The van der Waals surface area contributed by atoms with E-state index in [1.807, 2.05) is 36.4 Å². The Hall–Kier alpha value is -3.08. The van der Waals surface area contributed by atoms with Crippen molar-refractivity contribution >= 4 is 22.9 Å². The molecule has 1 aromatic heterocycles. The molecule has 0 saturated carbocycles. The zero-order valence-electron chi connectivity index (χ0n) is 12.9. The lowest BCUT2D eigenvalue weighted by Crippen LogP contribution is -2.17. The number of nitrogens with one attached hydrogen (secondary N) is 1. The number of fused-ring (bicyclic) bond motifs is 1. The first-order valence-corrected chi connectivity index (χ1v) is 7.14. The van der Waals surface area contributed by atoms with E-state index < -0.39 is 0 Å². The molecule has 0 bridgehead atoms. The van der Waals surface area contributed by atoms with Gasteiger partial charge in [-0.3, -0.25) is 4.79 Å². The topological polar surface area (TPSA) is 63.8 Å². The quantitative estimate of drug-likeness (QED) is 0.592. The van der Waals surface area contributed by atoms with Gasteiger partial charge in [0.15, 0.2) is 0 Å². The monoisotopic (exact) mass is 308 g/mol. The van der Waals surface area contributed by atoms with Crippen molar-refractivity contribution < 1.29 is 13.9 Å². The first-order chi connectivity index (χ1) is 11.2. The Morgan fingerprint density at radius 2 is 1.96 bits per heavy atom. The van der Waals surface area contributed by atoms with E-state index in [1.54, 1.807) is 26.3 Å². The highest BCUT2D eigenvalue weighted by Crippen LogP contribution is 2.27. The fourth-order valence-electron chi connectivity index (χ4n) is 2.43. The van der Waals surface area contributed by atoms with Gasteiger partial charge in [-0.2, -0.15) is 5.10 Å². The molecule has 0 aliphatic rings. The van der Waals surface area contributed by atoms with Gasteiger partial charge in [0.05, 0.1) is 25.2 Å². The van der Waals surface area contributed by atoms with E-state index in [0.29, 0.717) is 11.3 Å². The molecule has 0 fully saturated rings. The molecule has 3 rings (SSSR count). The standard InChI is InChI=1S/C18H16N2O3/c1-12-14(9-10-23-12)18(21)20-19-11-13-7-8-17(22-2)16-6-4-3-5-15(13)16/h3-11H,1-2H3,(H,20,21). The van der Waals surface area contributed by atoms with Crippen molar-refractivity contribution in [2.75, 3.05) is 7.11 Å². The number of hydrogen-bond donors (Lipinski definition) is 1. The molecule has 0 radical (unpaired) electrons. The maximum atomic E-state index is 12.0. The molecule has 0 aliphatic heterocycles. The van der Waals surface area contributed by atoms with Crippen molar-refractivity contribution in [3.8, 4) is 5.75 Å². The SMILES string of the molecule is COc1ccc(C=NNC(=O)c2ccoc2C)c2ccccc12. The van der Waals surface area contributed by atoms with Crippen molar-refractivity contribution in [1.29, 1.82) is 0 Å². The Kier molecular flexibility index (Phi) is 4.10. The Morgan fingerprint density at radius 3 is 2.65 bits per heavy atom. The zero-order chi connectivity index (χ0) is 16.2. The molecule has 1 N–H and O–H groups in total. The van der Waals surface area contributed by atoms with Crippen molar-refractivity contribution in [2.24, 2.45) is 5.10 Å². The summed E-state index contributed by atoms with van der Waals surface area (Å²) in [7, 11) is 1.64. The minimum absolute atomic E-state index is 0.301. The molecule has 1 amide bonds. The van der Waals surface area contributed by atoms with Gasteiger partial charge < -0.3 is 9.15 Å². The van der Waals surface area contributed by atoms with Crippen LogP contribution < -0.4 is 10.2 Å². The molecular weight excluding hydrogens is 292 g/mol. The normalized spacial score (nSPS) is 11.0. The summed E-state index contributed by atoms with van der Waals surface area (Å²) in [4.78, 5) is 12.0. The largest absolute Gasteiger partial charge is 0.496 e. The fourth-order valence-corrected chi connectivity index (χ4v) is 2.43. The van der Waals surface area contributed by atoms with Crippen LogP contribution in [0.15, 0.2) is 58.2 Å². The molecule has 5 heteroatoms. The summed E-state index contributed by atoms with van der Waals surface area (Å²) in [6.45, 7) is 1.73. The number of carbonyl (C=O) groups excluding carboxylic acids is 1. The molecule has 2 aromatic carbocycles. The highest BCUT2D eigenvalue weighted by Gasteiger charge is 2.10. The number of benzene rings is 2. The van der Waals surface area contributed by atoms with Crippen molar-refractivity contribution in [3.63, 3.8) is 0 Å². The summed E-state index contributed by atoms with van der Waals surface area (Å²) >= 11 is 0. The van der Waals surface area contributed by atoms with E-state index in [4.69, 9.17) is 9.15 Å². The Bertz CT molecular complexity index is 881. The predicted octanol–water partition coefficient (Wildman–Crippen LogP) is 3.51. The van der Waals surface area contributed by atoms with Gasteiger partial charge in [0.2, 0.25) is 0 Å². The third-order valence-corrected chi connectivity index (χ3v) is 3.61. The summed E-state index contributed by atoms with van der Waals surface area (Å²) in [5.74, 6) is 1.06. The van der Waals surface area contributed by atoms with Crippen molar-refractivity contribution in [2.45, 2.75) is 6.92 Å². The van der Waals surface area contributed by atoms with Crippen LogP contribution in [0.25, 0.3) is 10.8 Å². The second kappa shape index (κ2) is 6.36. The zero-order valence-corrected chi connectivity index (χ0v) is 12.9. The number of hydrogen-bond acceptors (Lipinski definition) is 4. The van der Waals surface area contributed by atoms with Gasteiger partial charge in [0, 0.05) is 10.9 Å². The molecule has 0 spiro atoms. The summed E-state index contributed by atoms with van der Waals surface area (Å²) in [6, 6.07) is 13.3. The van der Waals surface area contributed by atoms with E-state index in [1.165, 1.54) is 6.26 Å². The summed E-state index contributed by atoms with van der Waals surface area (Å²) < 4.78 is 10.5. The predicted molar refractivity (Wildman–Crippen MR) is 89.0 cm³/mol.